The number of nitriles is 1. The number of benzene rings is 1. The number of carbonyl (C=O) groups is 1. The van der Waals surface area contributed by atoms with Gasteiger partial charge < -0.3 is 10.2 Å². The van der Waals surface area contributed by atoms with E-state index in [0.29, 0.717) is 29.8 Å². The van der Waals surface area contributed by atoms with Crippen LogP contribution in [0.1, 0.15) is 29.2 Å². The number of anilines is 1. The highest BCUT2D eigenvalue weighted by atomic mass is 19.1. The second-order valence-corrected chi connectivity index (χ2v) is 5.84. The van der Waals surface area contributed by atoms with Gasteiger partial charge in [-0.05, 0) is 42.2 Å². The predicted molar refractivity (Wildman–Crippen MR) is 87.8 cm³/mol. The van der Waals surface area contributed by atoms with E-state index >= 15 is 0 Å². The first-order chi connectivity index (χ1) is 11.6. The lowest BCUT2D eigenvalue weighted by Gasteiger charge is -2.20. The van der Waals surface area contributed by atoms with Crippen LogP contribution in [0.2, 0.25) is 0 Å². The van der Waals surface area contributed by atoms with Crippen LogP contribution in [0.15, 0.2) is 36.5 Å². The molecule has 0 bridgehead atoms. The van der Waals surface area contributed by atoms with Crippen molar-refractivity contribution in [2.24, 2.45) is 0 Å². The fourth-order valence-corrected chi connectivity index (χ4v) is 2.97. The number of amides is 1. The third kappa shape index (κ3) is 3.20. The molecule has 0 saturated heterocycles. The van der Waals surface area contributed by atoms with Crippen molar-refractivity contribution in [1.29, 1.82) is 5.26 Å². The maximum Gasteiger partial charge on any atom is 0.240 e. The van der Waals surface area contributed by atoms with Crippen LogP contribution < -0.4 is 10.2 Å². The van der Waals surface area contributed by atoms with Crippen LogP contribution in [0.25, 0.3) is 0 Å². The van der Waals surface area contributed by atoms with E-state index in [9.17, 15) is 9.18 Å². The largest absolute Gasteiger partial charge is 0.350 e. The maximum atomic E-state index is 13.7. The number of hydrogen-bond donors (Lipinski definition) is 1. The molecule has 2 aromatic rings. The van der Waals surface area contributed by atoms with Gasteiger partial charge in [0, 0.05) is 13.2 Å². The number of nitrogens with one attached hydrogen (secondary N) is 1. The molecule has 3 rings (SSSR count). The Bertz CT molecular complexity index is 798. The average Bonchev–Trinajstić information content (AvgIpc) is 2.99. The van der Waals surface area contributed by atoms with E-state index in [1.807, 2.05) is 12.1 Å². The summed E-state index contributed by atoms with van der Waals surface area (Å²) in [6, 6.07) is 10.2. The molecule has 0 fully saturated rings. The van der Waals surface area contributed by atoms with Gasteiger partial charge in [0.15, 0.2) is 0 Å². The van der Waals surface area contributed by atoms with Gasteiger partial charge in [-0.3, -0.25) is 4.79 Å². The highest BCUT2D eigenvalue weighted by Crippen LogP contribution is 2.32. The lowest BCUT2D eigenvalue weighted by Crippen LogP contribution is -2.37. The normalized spacial score (nSPS) is 15.5. The van der Waals surface area contributed by atoms with Gasteiger partial charge in [-0.1, -0.05) is 12.1 Å². The summed E-state index contributed by atoms with van der Waals surface area (Å²) >= 11 is 0. The summed E-state index contributed by atoms with van der Waals surface area (Å²) in [4.78, 5) is 18.1. The topological polar surface area (TPSA) is 69.0 Å². The summed E-state index contributed by atoms with van der Waals surface area (Å²) in [6.07, 6.45) is 2.82. The van der Waals surface area contributed by atoms with E-state index < -0.39 is 0 Å². The molecule has 1 atom stereocenters. The summed E-state index contributed by atoms with van der Waals surface area (Å²) in [5.41, 5.74) is 2.04. The first kappa shape index (κ1) is 15.9. The van der Waals surface area contributed by atoms with Gasteiger partial charge in [0.25, 0.3) is 0 Å². The van der Waals surface area contributed by atoms with Crippen LogP contribution in [0, 0.1) is 17.1 Å². The standard InChI is InChI=1S/C18H17FN4O/c1-23(17-8-5-12(9-20)10-21-17)11-18(24)22-16-7-6-13-14(16)3-2-4-15(13)19/h2-5,8,10,16H,6-7,11H2,1H3,(H,22,24)/t16-/m0/s1. The van der Waals surface area contributed by atoms with Crippen molar-refractivity contribution in [1.82, 2.24) is 10.3 Å². The smallest absolute Gasteiger partial charge is 0.240 e. The van der Waals surface area contributed by atoms with Crippen LogP contribution in [0.4, 0.5) is 10.2 Å². The van der Waals surface area contributed by atoms with Gasteiger partial charge in [-0.15, -0.1) is 0 Å². The highest BCUT2D eigenvalue weighted by Gasteiger charge is 2.26. The Morgan fingerprint density at radius 1 is 1.46 bits per heavy atom. The van der Waals surface area contributed by atoms with Crippen molar-refractivity contribution < 1.29 is 9.18 Å². The van der Waals surface area contributed by atoms with Gasteiger partial charge in [0.05, 0.1) is 18.2 Å². The van der Waals surface area contributed by atoms with E-state index in [1.54, 1.807) is 30.1 Å². The Morgan fingerprint density at radius 3 is 3.00 bits per heavy atom. The van der Waals surface area contributed by atoms with Crippen LogP contribution >= 0.6 is 0 Å². The van der Waals surface area contributed by atoms with E-state index in [0.717, 1.165) is 5.56 Å². The van der Waals surface area contributed by atoms with Gasteiger partial charge in [0.1, 0.15) is 17.7 Å². The molecule has 6 heteroatoms. The molecular weight excluding hydrogens is 307 g/mol. The quantitative estimate of drug-likeness (QED) is 0.937. The minimum Gasteiger partial charge on any atom is -0.350 e. The fraction of sp³-hybridized carbons (Fsp3) is 0.278. The van der Waals surface area contributed by atoms with Crippen LogP contribution in [0.5, 0.6) is 0 Å². The summed E-state index contributed by atoms with van der Waals surface area (Å²) in [5.74, 6) is 0.260. The summed E-state index contributed by atoms with van der Waals surface area (Å²) in [7, 11) is 1.76. The van der Waals surface area contributed by atoms with Crippen molar-refractivity contribution in [3.63, 3.8) is 0 Å². The van der Waals surface area contributed by atoms with Crippen molar-refractivity contribution in [3.8, 4) is 6.07 Å². The first-order valence-electron chi connectivity index (χ1n) is 7.72. The molecule has 1 aliphatic carbocycles. The Hall–Kier alpha value is -2.94. The van der Waals surface area contributed by atoms with Crippen molar-refractivity contribution in [2.75, 3.05) is 18.5 Å². The monoisotopic (exact) mass is 324 g/mol. The lowest BCUT2D eigenvalue weighted by molar-refractivity contribution is -0.120. The fourth-order valence-electron chi connectivity index (χ4n) is 2.97. The molecule has 0 unspecified atom stereocenters. The molecule has 0 saturated carbocycles. The molecular formula is C18H17FN4O. The number of pyridine rings is 1. The van der Waals surface area contributed by atoms with Crippen LogP contribution in [0.3, 0.4) is 0 Å². The predicted octanol–water partition coefficient (Wildman–Crippen LogP) is 2.33. The number of rotatable bonds is 4. The molecule has 0 aliphatic heterocycles. The zero-order valence-electron chi connectivity index (χ0n) is 13.3. The number of halogens is 1. The van der Waals surface area contributed by atoms with Crippen LogP contribution in [-0.4, -0.2) is 24.5 Å². The average molecular weight is 324 g/mol. The SMILES string of the molecule is CN(CC(=O)N[C@H]1CCc2c(F)cccc21)c1ccc(C#N)cn1. The number of carbonyl (C=O) groups excluding carboxylic acids is 1. The summed E-state index contributed by atoms with van der Waals surface area (Å²) in [5, 5.41) is 11.7. The Labute approximate surface area is 139 Å². The molecule has 1 aromatic heterocycles. The summed E-state index contributed by atoms with van der Waals surface area (Å²) in [6.45, 7) is 0.139. The van der Waals surface area contributed by atoms with E-state index in [4.69, 9.17) is 5.26 Å². The van der Waals surface area contributed by atoms with Crippen molar-refractivity contribution >= 4 is 11.7 Å². The number of hydrogen-bond acceptors (Lipinski definition) is 4. The molecule has 1 N–H and O–H groups in total. The van der Waals surface area contributed by atoms with Crippen molar-refractivity contribution in [2.45, 2.75) is 18.9 Å². The minimum absolute atomic E-state index is 0.139. The zero-order valence-corrected chi connectivity index (χ0v) is 13.3. The van der Waals surface area contributed by atoms with Gasteiger partial charge in [-0.2, -0.15) is 5.26 Å². The van der Waals surface area contributed by atoms with Crippen LogP contribution in [-0.2, 0) is 11.2 Å². The maximum absolute atomic E-state index is 13.7. The third-order valence-electron chi connectivity index (χ3n) is 4.20. The van der Waals surface area contributed by atoms with Gasteiger partial charge in [0.2, 0.25) is 5.91 Å². The van der Waals surface area contributed by atoms with E-state index in [-0.39, 0.29) is 24.3 Å². The summed E-state index contributed by atoms with van der Waals surface area (Å²) < 4.78 is 13.7. The molecule has 0 radical (unpaired) electrons. The molecule has 5 nitrogen and oxygen atoms in total. The van der Waals surface area contributed by atoms with Gasteiger partial charge >= 0.3 is 0 Å². The number of aromatic nitrogens is 1. The lowest BCUT2D eigenvalue weighted by atomic mass is 10.1. The number of fused-ring (bicyclic) bond motifs is 1. The number of likely N-dealkylation sites (N-methyl/N-ethyl adjacent to an activating group) is 1. The molecule has 122 valence electrons. The Kier molecular flexibility index (Phi) is 4.43. The minimum atomic E-state index is -0.205. The zero-order chi connectivity index (χ0) is 17.1. The molecule has 1 aliphatic rings. The molecule has 24 heavy (non-hydrogen) atoms. The highest BCUT2D eigenvalue weighted by molar-refractivity contribution is 5.81. The molecule has 0 spiro atoms. The Morgan fingerprint density at radius 2 is 2.29 bits per heavy atom. The molecule has 1 heterocycles. The first-order valence-corrected chi connectivity index (χ1v) is 7.72. The van der Waals surface area contributed by atoms with Crippen molar-refractivity contribution in [3.05, 3.63) is 59.0 Å². The van der Waals surface area contributed by atoms with Gasteiger partial charge in [-0.25, -0.2) is 9.37 Å². The second kappa shape index (κ2) is 6.67. The number of nitrogens with zero attached hydrogens (tertiary/aromatic N) is 3. The second-order valence-electron chi connectivity index (χ2n) is 5.84. The third-order valence-corrected chi connectivity index (χ3v) is 4.20. The van der Waals surface area contributed by atoms with E-state index in [2.05, 4.69) is 10.3 Å². The Balaban J connectivity index is 1.62. The molecule has 1 aromatic carbocycles. The van der Waals surface area contributed by atoms with E-state index in [1.165, 1.54) is 12.3 Å². The molecule has 1 amide bonds.